The van der Waals surface area contributed by atoms with Gasteiger partial charge >= 0.3 is 0 Å². The highest BCUT2D eigenvalue weighted by molar-refractivity contribution is 5.32. The van der Waals surface area contributed by atoms with Crippen molar-refractivity contribution in [1.82, 2.24) is 4.98 Å². The van der Waals surface area contributed by atoms with Crippen LogP contribution in [0.15, 0.2) is 30.4 Å². The number of unbranched alkanes of at least 4 members (excludes halogenated alkanes) is 3. The van der Waals surface area contributed by atoms with Crippen LogP contribution in [0.5, 0.6) is 11.8 Å². The smallest absolute Gasteiger partial charge is 0.194 e. The van der Waals surface area contributed by atoms with E-state index in [-0.39, 0.29) is 11.8 Å². The Morgan fingerprint density at radius 3 is 2.21 bits per heavy atom. The summed E-state index contributed by atoms with van der Waals surface area (Å²) in [6, 6.07) is 1.57. The highest BCUT2D eigenvalue weighted by Crippen LogP contribution is 2.22. The summed E-state index contributed by atoms with van der Waals surface area (Å²) in [7, 11) is 0. The molecule has 0 spiro atoms. The third-order valence-corrected chi connectivity index (χ3v) is 3.00. The zero-order chi connectivity index (χ0) is 13.9. The molecule has 0 aromatic carbocycles. The number of hydrogen-bond donors (Lipinski definition) is 3. The molecule has 1 heterocycles. The number of aryl methyl sites for hydroxylation is 1. The van der Waals surface area contributed by atoms with E-state index in [0.717, 1.165) is 31.2 Å². The highest BCUT2D eigenvalue weighted by atomic mass is 16.3. The van der Waals surface area contributed by atoms with Gasteiger partial charge in [0.1, 0.15) is 0 Å². The molecule has 0 atom stereocenters. The average Bonchev–Trinajstić information content (AvgIpc) is 2.70. The lowest BCUT2D eigenvalue weighted by molar-refractivity contribution is 0.423. The Hall–Kier alpha value is -1.64. The monoisotopic (exact) mass is 263 g/mol. The number of nitrogens with one attached hydrogen (secondary N) is 1. The second-order valence-electron chi connectivity index (χ2n) is 4.73. The molecule has 3 heteroatoms. The summed E-state index contributed by atoms with van der Waals surface area (Å²) in [5.74, 6) is 0.0958. The van der Waals surface area contributed by atoms with E-state index >= 15 is 0 Å². The second kappa shape index (κ2) is 9.31. The van der Waals surface area contributed by atoms with Crippen molar-refractivity contribution in [2.24, 2.45) is 0 Å². The fraction of sp³-hybridized carbons (Fsp3) is 0.500. The summed E-state index contributed by atoms with van der Waals surface area (Å²) in [5, 5.41) is 18.6. The van der Waals surface area contributed by atoms with Crippen molar-refractivity contribution in [1.29, 1.82) is 0 Å². The van der Waals surface area contributed by atoms with Crippen LogP contribution in [0.25, 0.3) is 0 Å². The van der Waals surface area contributed by atoms with Crippen LogP contribution in [0.3, 0.4) is 0 Å². The van der Waals surface area contributed by atoms with Crippen LogP contribution in [0.1, 0.15) is 51.0 Å². The molecule has 0 aliphatic rings. The Balaban J connectivity index is 2.08. The van der Waals surface area contributed by atoms with Gasteiger partial charge in [-0.25, -0.2) is 0 Å². The Bertz CT molecular complexity index is 405. The van der Waals surface area contributed by atoms with Crippen molar-refractivity contribution < 1.29 is 10.2 Å². The number of aromatic nitrogens is 1. The molecular weight excluding hydrogens is 238 g/mol. The van der Waals surface area contributed by atoms with Crippen molar-refractivity contribution in [2.45, 2.75) is 51.9 Å². The maximum absolute atomic E-state index is 9.43. The minimum Gasteiger partial charge on any atom is -0.495 e. The van der Waals surface area contributed by atoms with E-state index in [9.17, 15) is 5.11 Å². The highest BCUT2D eigenvalue weighted by Gasteiger charge is 2.04. The zero-order valence-corrected chi connectivity index (χ0v) is 11.7. The maximum atomic E-state index is 9.43. The molecular formula is C16H25NO2. The molecule has 0 saturated carbocycles. The summed E-state index contributed by atoms with van der Waals surface area (Å²) >= 11 is 0. The van der Waals surface area contributed by atoms with Gasteiger partial charge < -0.3 is 10.2 Å². The average molecular weight is 263 g/mol. The van der Waals surface area contributed by atoms with Gasteiger partial charge in [0.15, 0.2) is 11.8 Å². The molecule has 0 radical (unpaired) electrons. The number of allylic oxidation sites excluding steroid dienone is 4. The van der Waals surface area contributed by atoms with E-state index in [1.54, 1.807) is 6.07 Å². The molecule has 1 rings (SSSR count). The van der Waals surface area contributed by atoms with Crippen LogP contribution < -0.4 is 0 Å². The van der Waals surface area contributed by atoms with Gasteiger partial charge in [-0.05, 0) is 32.1 Å². The van der Waals surface area contributed by atoms with E-state index in [1.165, 1.54) is 19.3 Å². The quantitative estimate of drug-likeness (QED) is 0.455. The molecule has 3 nitrogen and oxygen atoms in total. The molecule has 0 saturated heterocycles. The Morgan fingerprint density at radius 1 is 1.00 bits per heavy atom. The minimum atomic E-state index is 0.0219. The molecule has 0 fully saturated rings. The van der Waals surface area contributed by atoms with Crippen molar-refractivity contribution in [3.63, 3.8) is 0 Å². The third kappa shape index (κ3) is 6.75. The predicted molar refractivity (Wildman–Crippen MR) is 79.5 cm³/mol. The van der Waals surface area contributed by atoms with E-state index < -0.39 is 0 Å². The summed E-state index contributed by atoms with van der Waals surface area (Å²) in [5.41, 5.74) is 0.765. The normalized spacial score (nSPS) is 11.8. The standard InChI is InChI=1S/C16H25NO2/c1-2-3-4-5-6-7-8-9-10-11-12-14-13-15(18)17-16(14)19/h5-6,9-10,13,17-19H,2-4,7-8,11-12H2,1H3. The van der Waals surface area contributed by atoms with E-state index in [1.807, 2.05) is 0 Å². The van der Waals surface area contributed by atoms with E-state index in [2.05, 4.69) is 36.2 Å². The van der Waals surface area contributed by atoms with Crippen LogP contribution in [0.4, 0.5) is 0 Å². The summed E-state index contributed by atoms with van der Waals surface area (Å²) < 4.78 is 0. The molecule has 3 N–H and O–H groups in total. The van der Waals surface area contributed by atoms with Gasteiger partial charge in [-0.15, -0.1) is 0 Å². The largest absolute Gasteiger partial charge is 0.495 e. The van der Waals surface area contributed by atoms with Crippen LogP contribution in [0, 0.1) is 0 Å². The van der Waals surface area contributed by atoms with Crippen LogP contribution in [0.2, 0.25) is 0 Å². The SMILES string of the molecule is CCCCC=CCCC=CCCc1cc(O)[nH]c1O. The van der Waals surface area contributed by atoms with Crippen molar-refractivity contribution in [2.75, 3.05) is 0 Å². The van der Waals surface area contributed by atoms with E-state index in [0.29, 0.717) is 0 Å². The molecule has 0 aliphatic heterocycles. The molecule has 1 aromatic rings. The second-order valence-corrected chi connectivity index (χ2v) is 4.73. The molecule has 106 valence electrons. The van der Waals surface area contributed by atoms with E-state index in [4.69, 9.17) is 5.11 Å². The fourth-order valence-electron chi connectivity index (χ4n) is 1.89. The van der Waals surface area contributed by atoms with Gasteiger partial charge in [0, 0.05) is 11.6 Å². The first-order chi connectivity index (χ1) is 9.24. The number of aromatic amines is 1. The Kier molecular flexibility index (Phi) is 7.56. The first-order valence-corrected chi connectivity index (χ1v) is 7.13. The lowest BCUT2D eigenvalue weighted by Crippen LogP contribution is -1.80. The van der Waals surface area contributed by atoms with Gasteiger partial charge in [-0.2, -0.15) is 0 Å². The summed E-state index contributed by atoms with van der Waals surface area (Å²) in [6.45, 7) is 2.21. The van der Waals surface area contributed by atoms with Crippen molar-refractivity contribution in [3.8, 4) is 11.8 Å². The number of H-pyrrole nitrogens is 1. The fourth-order valence-corrected chi connectivity index (χ4v) is 1.89. The first kappa shape index (κ1) is 15.4. The molecule has 0 aliphatic carbocycles. The lowest BCUT2D eigenvalue weighted by Gasteiger charge is -1.94. The van der Waals surface area contributed by atoms with Crippen LogP contribution in [-0.2, 0) is 6.42 Å². The zero-order valence-electron chi connectivity index (χ0n) is 11.7. The molecule has 0 amide bonds. The maximum Gasteiger partial charge on any atom is 0.194 e. The molecule has 0 bridgehead atoms. The van der Waals surface area contributed by atoms with Crippen LogP contribution >= 0.6 is 0 Å². The van der Waals surface area contributed by atoms with Gasteiger partial charge in [0.05, 0.1) is 0 Å². The van der Waals surface area contributed by atoms with Crippen molar-refractivity contribution in [3.05, 3.63) is 35.9 Å². The number of rotatable bonds is 9. The summed E-state index contributed by atoms with van der Waals surface area (Å²) in [4.78, 5) is 2.47. The number of aromatic hydroxyl groups is 2. The number of hydrogen-bond acceptors (Lipinski definition) is 2. The third-order valence-electron chi connectivity index (χ3n) is 3.00. The summed E-state index contributed by atoms with van der Waals surface area (Å²) in [6.07, 6.45) is 16.3. The Morgan fingerprint density at radius 2 is 1.63 bits per heavy atom. The molecule has 0 unspecified atom stereocenters. The predicted octanol–water partition coefficient (Wildman–Crippen LogP) is 4.44. The van der Waals surface area contributed by atoms with Gasteiger partial charge in [-0.1, -0.05) is 44.1 Å². The molecule has 1 aromatic heterocycles. The van der Waals surface area contributed by atoms with Gasteiger partial charge in [-0.3, -0.25) is 4.98 Å². The lowest BCUT2D eigenvalue weighted by atomic mass is 10.1. The Labute approximate surface area is 115 Å². The molecule has 19 heavy (non-hydrogen) atoms. The topological polar surface area (TPSA) is 56.2 Å². The minimum absolute atomic E-state index is 0.0219. The van der Waals surface area contributed by atoms with Crippen LogP contribution in [-0.4, -0.2) is 15.2 Å². The van der Waals surface area contributed by atoms with Gasteiger partial charge in [0.2, 0.25) is 0 Å². The van der Waals surface area contributed by atoms with Gasteiger partial charge in [0.25, 0.3) is 0 Å². The van der Waals surface area contributed by atoms with Crippen molar-refractivity contribution >= 4 is 0 Å². The first-order valence-electron chi connectivity index (χ1n) is 7.13.